The van der Waals surface area contributed by atoms with Crippen molar-refractivity contribution in [2.75, 3.05) is 21.2 Å². The predicted octanol–water partition coefficient (Wildman–Crippen LogP) is 3.03. The van der Waals surface area contributed by atoms with Gasteiger partial charge in [0.05, 0.1) is 23.9 Å². The number of amides is 1. The number of allylic oxidation sites excluding steroid dienone is 1. The van der Waals surface area contributed by atoms with Gasteiger partial charge in [0.25, 0.3) is 0 Å². The number of alkyl carbamates (subject to hydrolysis) is 1. The van der Waals surface area contributed by atoms with Crippen molar-refractivity contribution in [3.05, 3.63) is 12.7 Å². The number of hydrogen-bond donors (Lipinski definition) is 2. The normalized spacial score (nSPS) is 43.6. The first-order valence-corrected chi connectivity index (χ1v) is 16.0. The number of hydrogen-bond acceptors (Lipinski definition) is 11. The minimum atomic E-state index is -1.38. The van der Waals surface area contributed by atoms with E-state index in [1.54, 1.807) is 40.7 Å². The summed E-state index contributed by atoms with van der Waals surface area (Å²) in [5, 5.41) is 14.1. The molecule has 0 spiro atoms. The number of likely N-dealkylation sites (N-methyl/N-ethyl adjacent to an activating group) is 1. The molecule has 3 aliphatic rings. The quantitative estimate of drug-likeness (QED) is 0.241. The number of aliphatic hydroxyl groups is 1. The standard InChI is InChI=1S/C33H54N2O10/c1-12-13-14-23-33(8)27(34-31(40)45-33)19(4)24(36)17(2)16-32(7,41-11)28(20(5)25(37)21(6)29(39)43-23)44-30-26(38)22(35(9)10)15-18(3)42-30/h12,17-23,26-28,30,38H,1,13-16H2,2-11H3,(H,34,40)/t17-,18?,19+,20+,21-,22?,23-,26?,27?,28?,30?,32-,33-/m1/s1. The van der Waals surface area contributed by atoms with Gasteiger partial charge in [-0.15, -0.1) is 6.58 Å². The number of ketones is 2. The van der Waals surface area contributed by atoms with Crippen molar-refractivity contribution in [1.29, 1.82) is 0 Å². The molecule has 0 aromatic carbocycles. The summed E-state index contributed by atoms with van der Waals surface area (Å²) in [7, 11) is 5.20. The molecule has 2 N–H and O–H groups in total. The number of esters is 1. The van der Waals surface area contributed by atoms with Gasteiger partial charge in [-0.25, -0.2) is 4.79 Å². The predicted molar refractivity (Wildman–Crippen MR) is 165 cm³/mol. The monoisotopic (exact) mass is 638 g/mol. The SMILES string of the molecule is C=CCC[C@H]1OC(=O)[C@H](C)C(=O)[C@H](C)C(OC2OC(C)CC(N(C)C)C2O)[C@](C)(OC)C[C@@H](C)C(=O)[C@H](C)C2NC(=O)O[C@@]21C. The molecule has 0 bridgehead atoms. The Morgan fingerprint density at radius 3 is 2.29 bits per heavy atom. The van der Waals surface area contributed by atoms with Gasteiger partial charge in [-0.3, -0.25) is 14.4 Å². The first-order valence-electron chi connectivity index (χ1n) is 16.0. The Bertz CT molecular complexity index is 1120. The lowest BCUT2D eigenvalue weighted by Crippen LogP contribution is -2.60. The minimum absolute atomic E-state index is 0.140. The maximum atomic E-state index is 14.0. The van der Waals surface area contributed by atoms with Crippen molar-refractivity contribution in [1.82, 2.24) is 10.2 Å². The minimum Gasteiger partial charge on any atom is -0.457 e. The van der Waals surface area contributed by atoms with Crippen LogP contribution in [0.2, 0.25) is 0 Å². The molecule has 3 fully saturated rings. The van der Waals surface area contributed by atoms with Crippen LogP contribution in [0.3, 0.4) is 0 Å². The average molecular weight is 639 g/mol. The summed E-state index contributed by atoms with van der Waals surface area (Å²) in [4.78, 5) is 56.2. The zero-order valence-electron chi connectivity index (χ0n) is 28.5. The molecule has 0 radical (unpaired) electrons. The smallest absolute Gasteiger partial charge is 0.408 e. The summed E-state index contributed by atoms with van der Waals surface area (Å²) in [6.07, 6.45) is -2.01. The Hall–Kier alpha value is -2.38. The number of cyclic esters (lactones) is 1. The number of nitrogens with zero attached hydrogens (tertiary/aromatic N) is 1. The van der Waals surface area contributed by atoms with Gasteiger partial charge in [-0.2, -0.15) is 0 Å². The van der Waals surface area contributed by atoms with Crippen LogP contribution in [-0.2, 0) is 38.1 Å². The van der Waals surface area contributed by atoms with Crippen molar-refractivity contribution < 1.29 is 48.0 Å². The number of nitrogens with one attached hydrogen (secondary N) is 1. The van der Waals surface area contributed by atoms with Crippen LogP contribution in [-0.4, -0.2) is 109 Å². The van der Waals surface area contributed by atoms with Gasteiger partial charge >= 0.3 is 12.1 Å². The fourth-order valence-corrected chi connectivity index (χ4v) is 7.31. The van der Waals surface area contributed by atoms with Crippen LogP contribution >= 0.6 is 0 Å². The Labute approximate surface area is 267 Å². The fraction of sp³-hybridized carbons (Fsp3) is 0.818. The van der Waals surface area contributed by atoms with Crippen LogP contribution in [0.1, 0.15) is 74.1 Å². The number of carbonyl (C=O) groups excluding carboxylic acids is 4. The van der Waals surface area contributed by atoms with Gasteiger partial charge in [0.2, 0.25) is 0 Å². The van der Waals surface area contributed by atoms with E-state index in [1.807, 2.05) is 25.9 Å². The van der Waals surface area contributed by atoms with E-state index in [9.17, 15) is 24.3 Å². The van der Waals surface area contributed by atoms with Crippen LogP contribution in [0.25, 0.3) is 0 Å². The Balaban J connectivity index is 2.10. The van der Waals surface area contributed by atoms with Crippen molar-refractivity contribution in [3.8, 4) is 0 Å². The molecule has 0 aromatic heterocycles. The highest BCUT2D eigenvalue weighted by atomic mass is 16.7. The topological polar surface area (TPSA) is 150 Å². The van der Waals surface area contributed by atoms with Crippen molar-refractivity contribution in [3.63, 3.8) is 0 Å². The Kier molecular flexibility index (Phi) is 12.0. The molecule has 3 heterocycles. The van der Waals surface area contributed by atoms with Gasteiger partial charge in [0, 0.05) is 30.9 Å². The van der Waals surface area contributed by atoms with Crippen molar-refractivity contribution in [2.24, 2.45) is 23.7 Å². The van der Waals surface area contributed by atoms with Crippen molar-refractivity contribution >= 4 is 23.6 Å². The van der Waals surface area contributed by atoms with Crippen LogP contribution in [0.5, 0.6) is 0 Å². The fourth-order valence-electron chi connectivity index (χ4n) is 7.31. The largest absolute Gasteiger partial charge is 0.457 e. The molecule has 45 heavy (non-hydrogen) atoms. The number of fused-ring (bicyclic) bond motifs is 1. The summed E-state index contributed by atoms with van der Waals surface area (Å²) >= 11 is 0. The van der Waals surface area contributed by atoms with E-state index < -0.39 is 83.4 Å². The summed E-state index contributed by atoms with van der Waals surface area (Å²) in [5.74, 6) is -4.92. The molecule has 0 aromatic rings. The summed E-state index contributed by atoms with van der Waals surface area (Å²) < 4.78 is 30.3. The van der Waals surface area contributed by atoms with E-state index in [-0.39, 0.29) is 30.8 Å². The molecule has 0 aliphatic carbocycles. The first-order chi connectivity index (χ1) is 20.9. The summed E-state index contributed by atoms with van der Waals surface area (Å²) in [6, 6.07) is -1.08. The van der Waals surface area contributed by atoms with E-state index >= 15 is 0 Å². The maximum Gasteiger partial charge on any atom is 0.408 e. The number of ether oxygens (including phenoxy) is 5. The van der Waals surface area contributed by atoms with Gasteiger partial charge < -0.3 is 39.0 Å². The molecule has 13 atom stereocenters. The number of methoxy groups -OCH3 is 1. The number of Topliss-reactive ketones (excluding diaryl/α,β-unsaturated/α-hetero) is 2. The third kappa shape index (κ3) is 7.62. The van der Waals surface area contributed by atoms with E-state index in [2.05, 4.69) is 11.9 Å². The van der Waals surface area contributed by atoms with Crippen LogP contribution in [0, 0.1) is 23.7 Å². The van der Waals surface area contributed by atoms with Crippen molar-refractivity contribution in [2.45, 2.75) is 128 Å². The molecule has 256 valence electrons. The highest BCUT2D eigenvalue weighted by Gasteiger charge is 2.57. The number of rotatable bonds is 7. The summed E-state index contributed by atoms with van der Waals surface area (Å²) in [5.41, 5.74) is -2.62. The van der Waals surface area contributed by atoms with Crippen LogP contribution < -0.4 is 5.32 Å². The molecule has 1 amide bonds. The molecular formula is C33H54N2O10. The number of carbonyl (C=O) groups is 4. The molecule has 12 heteroatoms. The zero-order valence-corrected chi connectivity index (χ0v) is 28.5. The molecule has 3 rings (SSSR count). The van der Waals surface area contributed by atoms with E-state index in [0.717, 1.165) is 0 Å². The van der Waals surface area contributed by atoms with Crippen LogP contribution in [0.15, 0.2) is 12.7 Å². The van der Waals surface area contributed by atoms with Gasteiger partial charge in [-0.05, 0) is 67.5 Å². The third-order valence-electron chi connectivity index (χ3n) is 10.2. The number of aliphatic hydroxyl groups excluding tert-OH is 1. The summed E-state index contributed by atoms with van der Waals surface area (Å²) in [6.45, 7) is 15.7. The molecule has 3 aliphatic heterocycles. The molecular weight excluding hydrogens is 584 g/mol. The molecule has 0 saturated carbocycles. The third-order valence-corrected chi connectivity index (χ3v) is 10.2. The lowest BCUT2D eigenvalue weighted by atomic mass is 9.73. The van der Waals surface area contributed by atoms with Gasteiger partial charge in [-0.1, -0.05) is 26.8 Å². The second-order valence-corrected chi connectivity index (χ2v) is 13.8. The maximum absolute atomic E-state index is 14.0. The highest BCUT2D eigenvalue weighted by molar-refractivity contribution is 6.00. The molecule has 12 nitrogen and oxygen atoms in total. The molecule has 6 unspecified atom stereocenters. The second-order valence-electron chi connectivity index (χ2n) is 13.8. The average Bonchev–Trinajstić information content (AvgIpc) is 3.30. The second kappa shape index (κ2) is 14.6. The van der Waals surface area contributed by atoms with E-state index in [1.165, 1.54) is 14.0 Å². The zero-order chi connectivity index (χ0) is 34.0. The van der Waals surface area contributed by atoms with Gasteiger partial charge in [0.15, 0.2) is 17.7 Å². The lowest BCUT2D eigenvalue weighted by molar-refractivity contribution is -0.295. The Morgan fingerprint density at radius 2 is 1.71 bits per heavy atom. The highest BCUT2D eigenvalue weighted by Crippen LogP contribution is 2.40. The van der Waals surface area contributed by atoms with Gasteiger partial charge in [0.1, 0.15) is 23.9 Å². The lowest BCUT2D eigenvalue weighted by Gasteiger charge is -2.47. The molecule has 3 saturated heterocycles. The first kappa shape index (κ1) is 37.1. The Morgan fingerprint density at radius 1 is 1.07 bits per heavy atom. The van der Waals surface area contributed by atoms with E-state index in [0.29, 0.717) is 12.8 Å². The van der Waals surface area contributed by atoms with E-state index in [4.69, 9.17) is 23.7 Å². The van der Waals surface area contributed by atoms with Crippen LogP contribution in [0.4, 0.5) is 4.79 Å².